The highest BCUT2D eigenvalue weighted by Crippen LogP contribution is 2.29. The first-order valence-corrected chi connectivity index (χ1v) is 10.3. The molecule has 2 aliphatic heterocycles. The van der Waals surface area contributed by atoms with E-state index in [0.29, 0.717) is 32.8 Å². The maximum atomic E-state index is 13.3. The molecule has 1 atom stereocenters. The Morgan fingerprint density at radius 3 is 2.78 bits per heavy atom. The molecule has 2 saturated heterocycles. The number of rotatable bonds is 4. The van der Waals surface area contributed by atoms with Crippen molar-refractivity contribution < 1.29 is 13.2 Å². The van der Waals surface area contributed by atoms with Crippen LogP contribution in [-0.4, -0.2) is 60.3 Å². The molecule has 10 heteroatoms. The SMILES string of the molecule is Cl.O=S(=O)(c1cnn(C2CCOCC2)c1)N1CCNCC1c1cccnc1. The molecule has 2 fully saturated rings. The molecule has 27 heavy (non-hydrogen) atoms. The van der Waals surface area contributed by atoms with Crippen LogP contribution in [0.25, 0.3) is 0 Å². The van der Waals surface area contributed by atoms with E-state index in [1.54, 1.807) is 27.6 Å². The van der Waals surface area contributed by atoms with Crippen molar-refractivity contribution in [1.82, 2.24) is 24.4 Å². The number of aromatic nitrogens is 3. The largest absolute Gasteiger partial charge is 0.381 e. The molecule has 1 N–H and O–H groups in total. The number of halogens is 1. The monoisotopic (exact) mass is 413 g/mol. The van der Waals surface area contributed by atoms with E-state index in [0.717, 1.165) is 18.4 Å². The maximum Gasteiger partial charge on any atom is 0.246 e. The zero-order valence-corrected chi connectivity index (χ0v) is 16.5. The number of nitrogens with zero attached hydrogens (tertiary/aromatic N) is 4. The summed E-state index contributed by atoms with van der Waals surface area (Å²) in [4.78, 5) is 4.39. The lowest BCUT2D eigenvalue weighted by Crippen LogP contribution is -2.48. The molecule has 2 aliphatic rings. The molecule has 4 rings (SSSR count). The fourth-order valence-corrected chi connectivity index (χ4v) is 5.12. The third kappa shape index (κ3) is 4.17. The van der Waals surface area contributed by atoms with Gasteiger partial charge in [-0.25, -0.2) is 8.42 Å². The first-order valence-electron chi connectivity index (χ1n) is 8.90. The van der Waals surface area contributed by atoms with Crippen LogP contribution in [0, 0.1) is 0 Å². The van der Waals surface area contributed by atoms with Crippen LogP contribution in [-0.2, 0) is 14.8 Å². The molecule has 0 bridgehead atoms. The quantitative estimate of drug-likeness (QED) is 0.814. The van der Waals surface area contributed by atoms with Gasteiger partial charge in [0.2, 0.25) is 10.0 Å². The molecule has 2 aromatic rings. The van der Waals surface area contributed by atoms with Gasteiger partial charge in [-0.15, -0.1) is 12.4 Å². The molecule has 4 heterocycles. The van der Waals surface area contributed by atoms with Crippen LogP contribution in [0.5, 0.6) is 0 Å². The fourth-order valence-electron chi connectivity index (χ4n) is 3.57. The molecule has 0 radical (unpaired) electrons. The number of hydrogen-bond acceptors (Lipinski definition) is 6. The molecule has 0 spiro atoms. The Balaban J connectivity index is 0.00000210. The summed E-state index contributed by atoms with van der Waals surface area (Å²) >= 11 is 0. The van der Waals surface area contributed by atoms with E-state index in [1.807, 2.05) is 12.1 Å². The van der Waals surface area contributed by atoms with Gasteiger partial charge in [0.25, 0.3) is 0 Å². The third-order valence-corrected chi connectivity index (χ3v) is 6.87. The molecule has 0 aliphatic carbocycles. The predicted molar refractivity (Wildman–Crippen MR) is 102 cm³/mol. The van der Waals surface area contributed by atoms with Crippen LogP contribution in [0.2, 0.25) is 0 Å². The summed E-state index contributed by atoms with van der Waals surface area (Å²) in [5.74, 6) is 0. The zero-order valence-electron chi connectivity index (χ0n) is 14.9. The van der Waals surface area contributed by atoms with Crippen molar-refractivity contribution in [2.24, 2.45) is 0 Å². The fraction of sp³-hybridized carbons (Fsp3) is 0.529. The van der Waals surface area contributed by atoms with Crippen LogP contribution in [0.3, 0.4) is 0 Å². The molecule has 0 saturated carbocycles. The molecular weight excluding hydrogens is 390 g/mol. The van der Waals surface area contributed by atoms with Gasteiger partial charge in [0, 0.05) is 51.4 Å². The minimum atomic E-state index is -3.63. The minimum absolute atomic E-state index is 0. The van der Waals surface area contributed by atoms with E-state index in [4.69, 9.17) is 4.74 Å². The van der Waals surface area contributed by atoms with Crippen LogP contribution in [0.1, 0.15) is 30.5 Å². The second kappa shape index (κ2) is 8.66. The average Bonchev–Trinajstić information content (AvgIpc) is 3.21. The van der Waals surface area contributed by atoms with Crippen molar-refractivity contribution in [2.75, 3.05) is 32.8 Å². The molecule has 148 valence electrons. The van der Waals surface area contributed by atoms with E-state index >= 15 is 0 Å². The summed E-state index contributed by atoms with van der Waals surface area (Å²) in [6.45, 7) is 2.99. The number of piperazine rings is 1. The van der Waals surface area contributed by atoms with E-state index in [1.165, 1.54) is 6.20 Å². The van der Waals surface area contributed by atoms with Gasteiger partial charge < -0.3 is 10.1 Å². The number of hydrogen-bond donors (Lipinski definition) is 1. The highest BCUT2D eigenvalue weighted by atomic mass is 35.5. The van der Waals surface area contributed by atoms with Gasteiger partial charge in [-0.05, 0) is 24.5 Å². The highest BCUT2D eigenvalue weighted by Gasteiger charge is 2.35. The van der Waals surface area contributed by atoms with E-state index in [9.17, 15) is 8.42 Å². The number of nitrogens with one attached hydrogen (secondary N) is 1. The van der Waals surface area contributed by atoms with E-state index in [-0.39, 0.29) is 29.4 Å². The molecule has 8 nitrogen and oxygen atoms in total. The normalized spacial score (nSPS) is 22.3. The Hall–Kier alpha value is -1.52. The first kappa shape index (κ1) is 20.2. The van der Waals surface area contributed by atoms with Crippen LogP contribution < -0.4 is 5.32 Å². The minimum Gasteiger partial charge on any atom is -0.381 e. The molecular formula is C17H24ClN5O3S. The van der Waals surface area contributed by atoms with Gasteiger partial charge in [-0.3, -0.25) is 9.67 Å². The molecule has 0 amide bonds. The smallest absolute Gasteiger partial charge is 0.246 e. The van der Waals surface area contributed by atoms with Crippen molar-refractivity contribution in [3.63, 3.8) is 0 Å². The van der Waals surface area contributed by atoms with E-state index < -0.39 is 10.0 Å². The highest BCUT2D eigenvalue weighted by molar-refractivity contribution is 7.89. The Morgan fingerprint density at radius 2 is 2.04 bits per heavy atom. The summed E-state index contributed by atoms with van der Waals surface area (Å²) in [6, 6.07) is 3.68. The second-order valence-electron chi connectivity index (χ2n) is 6.62. The summed E-state index contributed by atoms with van der Waals surface area (Å²) in [5.41, 5.74) is 0.889. The van der Waals surface area contributed by atoms with Crippen molar-refractivity contribution in [3.05, 3.63) is 42.5 Å². The summed E-state index contributed by atoms with van der Waals surface area (Å²) in [5, 5.41) is 7.60. The Bertz CT molecular complexity index is 839. The summed E-state index contributed by atoms with van der Waals surface area (Å²) in [7, 11) is -3.63. The van der Waals surface area contributed by atoms with Gasteiger partial charge in [0.05, 0.1) is 18.3 Å². The van der Waals surface area contributed by atoms with Gasteiger partial charge in [0.1, 0.15) is 4.90 Å². The lowest BCUT2D eigenvalue weighted by molar-refractivity contribution is 0.0662. The summed E-state index contributed by atoms with van der Waals surface area (Å²) in [6.07, 6.45) is 8.25. The third-order valence-electron chi connectivity index (χ3n) is 5.01. The lowest BCUT2D eigenvalue weighted by Gasteiger charge is -2.34. The van der Waals surface area contributed by atoms with Crippen LogP contribution >= 0.6 is 12.4 Å². The Kier molecular flexibility index (Phi) is 6.48. The number of pyridine rings is 1. The Labute approximate surface area is 165 Å². The molecule has 0 aromatic carbocycles. The zero-order chi connectivity index (χ0) is 18.0. The maximum absolute atomic E-state index is 13.3. The van der Waals surface area contributed by atoms with Crippen molar-refractivity contribution >= 4 is 22.4 Å². The van der Waals surface area contributed by atoms with Crippen molar-refractivity contribution in [3.8, 4) is 0 Å². The molecule has 1 unspecified atom stereocenters. The Morgan fingerprint density at radius 1 is 1.22 bits per heavy atom. The van der Waals surface area contributed by atoms with Gasteiger partial charge in [0.15, 0.2) is 0 Å². The number of sulfonamides is 1. The van der Waals surface area contributed by atoms with Crippen LogP contribution in [0.15, 0.2) is 41.8 Å². The lowest BCUT2D eigenvalue weighted by atomic mass is 10.1. The first-order chi connectivity index (χ1) is 12.7. The van der Waals surface area contributed by atoms with Crippen molar-refractivity contribution in [2.45, 2.75) is 29.8 Å². The number of ether oxygens (including phenoxy) is 1. The molecule has 2 aromatic heterocycles. The predicted octanol–water partition coefficient (Wildman–Crippen LogP) is 1.39. The summed E-state index contributed by atoms with van der Waals surface area (Å²) < 4.78 is 35.2. The van der Waals surface area contributed by atoms with Crippen LogP contribution in [0.4, 0.5) is 0 Å². The topological polar surface area (TPSA) is 89.3 Å². The van der Waals surface area contributed by atoms with Crippen molar-refractivity contribution in [1.29, 1.82) is 0 Å². The van der Waals surface area contributed by atoms with E-state index in [2.05, 4.69) is 15.4 Å². The average molecular weight is 414 g/mol. The second-order valence-corrected chi connectivity index (χ2v) is 8.51. The standard InChI is InChI=1S/C17H23N5O3S.ClH/c23-26(24,16-11-20-21(13-16)15-3-8-25-9-4-15)22-7-6-19-12-17(22)14-2-1-5-18-10-14;/h1-2,5,10-11,13,15,17,19H,3-4,6-9,12H2;1H. The van der Waals surface area contributed by atoms with Gasteiger partial charge in [-0.1, -0.05) is 6.07 Å². The van der Waals surface area contributed by atoms with Gasteiger partial charge in [-0.2, -0.15) is 9.40 Å². The van der Waals surface area contributed by atoms with Gasteiger partial charge >= 0.3 is 0 Å².